The minimum atomic E-state index is -0.272. The normalized spacial score (nSPS) is 10.9. The van der Waals surface area contributed by atoms with Crippen molar-refractivity contribution in [2.24, 2.45) is 5.10 Å². The summed E-state index contributed by atoms with van der Waals surface area (Å²) in [5.74, 6) is -0.272. The van der Waals surface area contributed by atoms with E-state index in [9.17, 15) is 4.79 Å². The maximum atomic E-state index is 11.5. The van der Waals surface area contributed by atoms with Crippen molar-refractivity contribution in [3.05, 3.63) is 71.2 Å². The zero-order valence-corrected chi connectivity index (χ0v) is 18.8. The number of anilines is 3. The Kier molecular flexibility index (Phi) is 8.60. The highest BCUT2D eigenvalue weighted by Crippen LogP contribution is 2.26. The Balaban J connectivity index is 1.60. The number of para-hydroxylation sites is 1. The second-order valence-corrected chi connectivity index (χ2v) is 7.79. The van der Waals surface area contributed by atoms with Crippen LogP contribution < -0.4 is 10.3 Å². The summed E-state index contributed by atoms with van der Waals surface area (Å²) in [7, 11) is 0. The van der Waals surface area contributed by atoms with Gasteiger partial charge in [0.2, 0.25) is 5.13 Å². The standard InChI is InChI=1S/C24H28N4O2S/c1-3-5-15-28(21-9-7-6-8-10-21)22-13-11-19(12-14-22)17-25-27-24-26-20(18-31-24)16-23(29)30-4-2/h6-14,17-18H,3-5,15-16H2,1-2H3,(H,26,27). The molecule has 0 saturated heterocycles. The van der Waals surface area contributed by atoms with Gasteiger partial charge in [0.15, 0.2) is 0 Å². The molecule has 3 aromatic rings. The Morgan fingerprint density at radius 2 is 1.87 bits per heavy atom. The number of aromatic nitrogens is 1. The number of carbonyl (C=O) groups is 1. The van der Waals surface area contributed by atoms with E-state index in [1.807, 2.05) is 11.4 Å². The van der Waals surface area contributed by atoms with Crippen molar-refractivity contribution < 1.29 is 9.53 Å². The molecule has 7 heteroatoms. The number of carbonyl (C=O) groups excluding carboxylic acids is 1. The number of hydrogen-bond acceptors (Lipinski definition) is 7. The highest BCUT2D eigenvalue weighted by molar-refractivity contribution is 7.13. The van der Waals surface area contributed by atoms with Crippen molar-refractivity contribution >= 4 is 40.0 Å². The number of ether oxygens (including phenoxy) is 1. The maximum absolute atomic E-state index is 11.5. The zero-order valence-electron chi connectivity index (χ0n) is 18.0. The molecule has 162 valence electrons. The van der Waals surface area contributed by atoms with Crippen LogP contribution in [0.15, 0.2) is 65.1 Å². The fourth-order valence-electron chi connectivity index (χ4n) is 3.03. The highest BCUT2D eigenvalue weighted by atomic mass is 32.1. The Morgan fingerprint density at radius 1 is 1.13 bits per heavy atom. The monoisotopic (exact) mass is 436 g/mol. The van der Waals surface area contributed by atoms with Gasteiger partial charge in [-0.05, 0) is 43.2 Å². The van der Waals surface area contributed by atoms with E-state index in [4.69, 9.17) is 4.74 Å². The van der Waals surface area contributed by atoms with Crippen molar-refractivity contribution in [1.82, 2.24) is 4.98 Å². The number of esters is 1. The van der Waals surface area contributed by atoms with Crippen LogP contribution >= 0.6 is 11.3 Å². The average Bonchev–Trinajstić information content (AvgIpc) is 3.23. The van der Waals surface area contributed by atoms with E-state index in [1.54, 1.807) is 13.1 Å². The molecule has 1 heterocycles. The number of hydrazone groups is 1. The minimum Gasteiger partial charge on any atom is -0.466 e. The molecule has 0 saturated carbocycles. The molecule has 0 fully saturated rings. The van der Waals surface area contributed by atoms with Crippen molar-refractivity contribution in [3.8, 4) is 0 Å². The predicted molar refractivity (Wildman–Crippen MR) is 128 cm³/mol. The van der Waals surface area contributed by atoms with E-state index in [1.165, 1.54) is 17.0 Å². The predicted octanol–water partition coefficient (Wildman–Crippen LogP) is 5.63. The number of unbranched alkanes of at least 4 members (excludes halogenated alkanes) is 1. The van der Waals surface area contributed by atoms with Crippen LogP contribution in [0.2, 0.25) is 0 Å². The first kappa shape index (κ1) is 22.5. The Morgan fingerprint density at radius 3 is 2.58 bits per heavy atom. The first-order valence-corrected chi connectivity index (χ1v) is 11.4. The van der Waals surface area contributed by atoms with E-state index < -0.39 is 0 Å². The Bertz CT molecular complexity index is 971. The minimum absolute atomic E-state index is 0.174. The van der Waals surface area contributed by atoms with E-state index in [0.717, 1.165) is 30.6 Å². The molecule has 0 bridgehead atoms. The average molecular weight is 437 g/mol. The molecule has 31 heavy (non-hydrogen) atoms. The van der Waals surface area contributed by atoms with Crippen molar-refractivity contribution in [3.63, 3.8) is 0 Å². The van der Waals surface area contributed by atoms with E-state index in [-0.39, 0.29) is 12.4 Å². The second-order valence-electron chi connectivity index (χ2n) is 6.93. The summed E-state index contributed by atoms with van der Waals surface area (Å²) < 4.78 is 4.94. The largest absolute Gasteiger partial charge is 0.466 e. The van der Waals surface area contributed by atoms with Gasteiger partial charge >= 0.3 is 5.97 Å². The number of hydrogen-bond donors (Lipinski definition) is 1. The summed E-state index contributed by atoms with van der Waals surface area (Å²) in [5.41, 5.74) is 6.95. The molecular formula is C24H28N4O2S. The van der Waals surface area contributed by atoms with Crippen LogP contribution in [0.3, 0.4) is 0 Å². The fourth-order valence-corrected chi connectivity index (χ4v) is 3.69. The fraction of sp³-hybridized carbons (Fsp3) is 0.292. The Hall–Kier alpha value is -3.19. The van der Waals surface area contributed by atoms with Gasteiger partial charge < -0.3 is 9.64 Å². The molecule has 0 spiro atoms. The van der Waals surface area contributed by atoms with Gasteiger partial charge in [0.25, 0.3) is 0 Å². The molecule has 2 aromatic carbocycles. The van der Waals surface area contributed by atoms with Crippen molar-refractivity contribution in [2.75, 3.05) is 23.5 Å². The number of thiazole rings is 1. The van der Waals surface area contributed by atoms with Crippen LogP contribution in [0.4, 0.5) is 16.5 Å². The van der Waals surface area contributed by atoms with Crippen LogP contribution in [0.25, 0.3) is 0 Å². The summed E-state index contributed by atoms with van der Waals surface area (Å²) in [6.45, 7) is 5.35. The molecule has 0 radical (unpaired) electrons. The number of rotatable bonds is 11. The van der Waals surface area contributed by atoms with Crippen LogP contribution in [0.1, 0.15) is 37.9 Å². The third kappa shape index (κ3) is 6.93. The quantitative estimate of drug-likeness (QED) is 0.240. The summed E-state index contributed by atoms with van der Waals surface area (Å²) in [6, 6.07) is 18.8. The molecule has 1 aromatic heterocycles. The molecule has 0 aliphatic heterocycles. The molecular weight excluding hydrogens is 408 g/mol. The van der Waals surface area contributed by atoms with E-state index in [0.29, 0.717) is 17.4 Å². The van der Waals surface area contributed by atoms with Gasteiger partial charge in [-0.15, -0.1) is 11.3 Å². The lowest BCUT2D eigenvalue weighted by Gasteiger charge is -2.25. The number of nitrogens with zero attached hydrogens (tertiary/aromatic N) is 3. The van der Waals surface area contributed by atoms with Gasteiger partial charge in [0, 0.05) is 23.3 Å². The lowest BCUT2D eigenvalue weighted by Crippen LogP contribution is -2.18. The molecule has 0 unspecified atom stereocenters. The number of nitrogens with one attached hydrogen (secondary N) is 1. The van der Waals surface area contributed by atoms with Crippen LogP contribution in [0.5, 0.6) is 0 Å². The molecule has 1 N–H and O–H groups in total. The van der Waals surface area contributed by atoms with E-state index in [2.05, 4.69) is 75.9 Å². The molecule has 0 aliphatic rings. The third-order valence-corrected chi connectivity index (χ3v) is 5.36. The molecule has 0 amide bonds. The smallest absolute Gasteiger partial charge is 0.311 e. The van der Waals surface area contributed by atoms with Gasteiger partial charge in [-0.3, -0.25) is 10.2 Å². The lowest BCUT2D eigenvalue weighted by molar-refractivity contribution is -0.142. The van der Waals surface area contributed by atoms with Gasteiger partial charge in [0.05, 0.1) is 24.9 Å². The summed E-state index contributed by atoms with van der Waals surface area (Å²) in [6.07, 6.45) is 4.22. The van der Waals surface area contributed by atoms with Crippen LogP contribution in [0, 0.1) is 0 Å². The summed E-state index contributed by atoms with van der Waals surface area (Å²) in [5, 5.41) is 6.74. The van der Waals surface area contributed by atoms with Gasteiger partial charge in [-0.2, -0.15) is 5.10 Å². The van der Waals surface area contributed by atoms with Gasteiger partial charge in [0.1, 0.15) is 0 Å². The van der Waals surface area contributed by atoms with Gasteiger partial charge in [-0.25, -0.2) is 4.98 Å². The maximum Gasteiger partial charge on any atom is 0.311 e. The highest BCUT2D eigenvalue weighted by Gasteiger charge is 2.09. The molecule has 6 nitrogen and oxygen atoms in total. The SMILES string of the molecule is CCCCN(c1ccccc1)c1ccc(C=NNc2nc(CC(=O)OCC)cs2)cc1. The molecule has 3 rings (SSSR count). The third-order valence-electron chi connectivity index (χ3n) is 4.56. The number of benzene rings is 2. The first-order valence-electron chi connectivity index (χ1n) is 10.5. The molecule has 0 aliphatic carbocycles. The van der Waals surface area contributed by atoms with Crippen LogP contribution in [-0.4, -0.2) is 30.3 Å². The Labute approximate surface area is 187 Å². The van der Waals surface area contributed by atoms with Crippen molar-refractivity contribution in [1.29, 1.82) is 0 Å². The summed E-state index contributed by atoms with van der Waals surface area (Å²) in [4.78, 5) is 18.2. The van der Waals surface area contributed by atoms with Crippen molar-refractivity contribution in [2.45, 2.75) is 33.1 Å². The topological polar surface area (TPSA) is 66.8 Å². The second kappa shape index (κ2) is 11.9. The van der Waals surface area contributed by atoms with Gasteiger partial charge in [-0.1, -0.05) is 43.7 Å². The lowest BCUT2D eigenvalue weighted by atomic mass is 10.1. The van der Waals surface area contributed by atoms with E-state index >= 15 is 0 Å². The zero-order chi connectivity index (χ0) is 21.9. The van der Waals surface area contributed by atoms with Crippen LogP contribution in [-0.2, 0) is 16.0 Å². The first-order chi connectivity index (χ1) is 15.2. The summed E-state index contributed by atoms with van der Waals surface area (Å²) >= 11 is 1.41. The molecule has 0 atom stereocenters.